The van der Waals surface area contributed by atoms with E-state index in [1.54, 1.807) is 45.7 Å². The zero-order valence-electron chi connectivity index (χ0n) is 21.0. The molecule has 0 fully saturated rings. The number of carbonyl (C=O) groups excluding carboxylic acids is 2. The summed E-state index contributed by atoms with van der Waals surface area (Å²) in [5, 5.41) is 11.7. The molecule has 2 aromatic carbocycles. The van der Waals surface area contributed by atoms with Crippen molar-refractivity contribution >= 4 is 23.5 Å². The van der Waals surface area contributed by atoms with E-state index in [4.69, 9.17) is 14.6 Å². The Labute approximate surface area is 210 Å². The second-order valence-electron chi connectivity index (χ2n) is 8.52. The van der Waals surface area contributed by atoms with Crippen LogP contribution in [0, 0.1) is 6.92 Å². The third-order valence-electron chi connectivity index (χ3n) is 6.00. The van der Waals surface area contributed by atoms with Gasteiger partial charge in [0.25, 0.3) is 5.91 Å². The molecule has 1 aliphatic rings. The van der Waals surface area contributed by atoms with Gasteiger partial charge >= 0.3 is 6.03 Å². The standard InChI is InChI=1S/C27H29N5O4/c1-16-10-11-29-24(12-16)30-26(33)19-8-6-18(7-9-19)25-21-15-23(36-5)22(35-4)14-20(21)13-17(2)32(31-25)27(34)28-3/h6-12,14-15,17H,13H2,1-5H3,(H,28,34)(H,29,30,33)/t17-/m1/s1. The Morgan fingerprint density at radius 1 is 1.03 bits per heavy atom. The predicted molar refractivity (Wildman–Crippen MR) is 138 cm³/mol. The summed E-state index contributed by atoms with van der Waals surface area (Å²) >= 11 is 0. The predicted octanol–water partition coefficient (Wildman–Crippen LogP) is 4.00. The number of anilines is 1. The Kier molecular flexibility index (Phi) is 7.19. The van der Waals surface area contributed by atoms with Crippen LogP contribution in [-0.2, 0) is 6.42 Å². The number of carbonyl (C=O) groups is 2. The van der Waals surface area contributed by atoms with Crippen molar-refractivity contribution in [1.82, 2.24) is 15.3 Å². The van der Waals surface area contributed by atoms with Gasteiger partial charge in [0.2, 0.25) is 0 Å². The van der Waals surface area contributed by atoms with E-state index in [0.717, 1.165) is 22.3 Å². The molecular formula is C27H29N5O4. The number of fused-ring (bicyclic) bond motifs is 1. The number of pyridine rings is 1. The first-order valence-corrected chi connectivity index (χ1v) is 11.5. The number of aromatic nitrogens is 1. The van der Waals surface area contributed by atoms with Crippen molar-refractivity contribution in [3.63, 3.8) is 0 Å². The van der Waals surface area contributed by atoms with Crippen molar-refractivity contribution in [2.75, 3.05) is 26.6 Å². The van der Waals surface area contributed by atoms with Gasteiger partial charge in [-0.2, -0.15) is 5.10 Å². The summed E-state index contributed by atoms with van der Waals surface area (Å²) in [7, 11) is 4.74. The minimum absolute atomic E-state index is 0.203. The highest BCUT2D eigenvalue weighted by atomic mass is 16.5. The van der Waals surface area contributed by atoms with Gasteiger partial charge in [-0.3, -0.25) is 4.79 Å². The summed E-state index contributed by atoms with van der Waals surface area (Å²) in [5.41, 5.74) is 4.61. The first-order valence-electron chi connectivity index (χ1n) is 11.5. The molecule has 2 N–H and O–H groups in total. The first-order chi connectivity index (χ1) is 17.3. The maximum atomic E-state index is 12.8. The van der Waals surface area contributed by atoms with Crippen molar-refractivity contribution in [1.29, 1.82) is 0 Å². The number of benzene rings is 2. The monoisotopic (exact) mass is 487 g/mol. The first kappa shape index (κ1) is 24.7. The lowest BCUT2D eigenvalue weighted by Crippen LogP contribution is -2.41. The SMILES string of the molecule is CNC(=O)N1N=C(c2ccc(C(=O)Nc3cc(C)ccn3)cc2)c2cc(OC)c(OC)cc2C[C@H]1C. The van der Waals surface area contributed by atoms with Crippen molar-refractivity contribution in [2.45, 2.75) is 26.3 Å². The molecule has 1 aromatic heterocycles. The minimum atomic E-state index is -0.312. The van der Waals surface area contributed by atoms with E-state index in [1.165, 1.54) is 5.01 Å². The molecule has 9 nitrogen and oxygen atoms in total. The summed E-state index contributed by atoms with van der Waals surface area (Å²) in [6.07, 6.45) is 2.22. The number of hydrogen-bond acceptors (Lipinski definition) is 6. The molecule has 1 atom stereocenters. The van der Waals surface area contributed by atoms with Crippen LogP contribution in [-0.4, -0.2) is 55.0 Å². The van der Waals surface area contributed by atoms with Crippen LogP contribution < -0.4 is 20.1 Å². The number of hydrazone groups is 1. The molecule has 0 aliphatic carbocycles. The molecule has 0 saturated carbocycles. The number of methoxy groups -OCH3 is 2. The maximum Gasteiger partial charge on any atom is 0.337 e. The largest absolute Gasteiger partial charge is 0.493 e. The van der Waals surface area contributed by atoms with Crippen LogP contribution in [0.4, 0.5) is 10.6 Å². The second kappa shape index (κ2) is 10.5. The minimum Gasteiger partial charge on any atom is -0.493 e. The van der Waals surface area contributed by atoms with E-state index in [0.29, 0.717) is 35.0 Å². The number of hydrogen-bond donors (Lipinski definition) is 2. The number of urea groups is 1. The molecule has 0 unspecified atom stereocenters. The number of ether oxygens (including phenoxy) is 2. The van der Waals surface area contributed by atoms with E-state index in [2.05, 4.69) is 15.6 Å². The van der Waals surface area contributed by atoms with E-state index in [-0.39, 0.29) is 18.0 Å². The normalized spacial score (nSPS) is 14.8. The van der Waals surface area contributed by atoms with Gasteiger partial charge in [-0.25, -0.2) is 14.8 Å². The van der Waals surface area contributed by atoms with E-state index >= 15 is 0 Å². The fraction of sp³-hybridized carbons (Fsp3) is 0.259. The second-order valence-corrected chi connectivity index (χ2v) is 8.52. The highest BCUT2D eigenvalue weighted by molar-refractivity contribution is 6.15. The van der Waals surface area contributed by atoms with Gasteiger partial charge in [-0.05, 0) is 67.8 Å². The highest BCUT2D eigenvalue weighted by Crippen LogP contribution is 2.34. The molecular weight excluding hydrogens is 458 g/mol. The third-order valence-corrected chi connectivity index (χ3v) is 6.00. The Bertz CT molecular complexity index is 1320. The Balaban J connectivity index is 1.74. The van der Waals surface area contributed by atoms with Gasteiger partial charge in [0.1, 0.15) is 5.82 Å². The zero-order chi connectivity index (χ0) is 25.8. The van der Waals surface area contributed by atoms with E-state index in [1.807, 2.05) is 44.2 Å². The van der Waals surface area contributed by atoms with Crippen molar-refractivity contribution in [3.05, 3.63) is 82.5 Å². The number of aryl methyl sites for hydroxylation is 1. The van der Waals surface area contributed by atoms with Crippen LogP contribution in [0.2, 0.25) is 0 Å². The third kappa shape index (κ3) is 5.00. The number of nitrogens with one attached hydrogen (secondary N) is 2. The molecule has 0 bridgehead atoms. The average molecular weight is 488 g/mol. The lowest BCUT2D eigenvalue weighted by atomic mass is 9.93. The summed E-state index contributed by atoms with van der Waals surface area (Å²) < 4.78 is 11.0. The molecule has 2 heterocycles. The van der Waals surface area contributed by atoms with Gasteiger partial charge in [0.15, 0.2) is 11.5 Å². The smallest absolute Gasteiger partial charge is 0.337 e. The van der Waals surface area contributed by atoms with Gasteiger partial charge in [0, 0.05) is 29.9 Å². The Morgan fingerprint density at radius 3 is 2.36 bits per heavy atom. The molecule has 0 radical (unpaired) electrons. The molecule has 3 amide bonds. The molecule has 1 aliphatic heterocycles. The molecule has 36 heavy (non-hydrogen) atoms. The van der Waals surface area contributed by atoms with Crippen LogP contribution in [0.25, 0.3) is 0 Å². The fourth-order valence-electron chi connectivity index (χ4n) is 4.12. The lowest BCUT2D eigenvalue weighted by Gasteiger charge is -2.22. The summed E-state index contributed by atoms with van der Waals surface area (Å²) in [6.45, 7) is 3.87. The van der Waals surface area contributed by atoms with Crippen molar-refractivity contribution in [2.24, 2.45) is 5.10 Å². The molecule has 3 aromatic rings. The summed E-state index contributed by atoms with van der Waals surface area (Å²) in [6, 6.07) is 14.0. The molecule has 0 saturated heterocycles. The number of rotatable bonds is 5. The van der Waals surface area contributed by atoms with Crippen LogP contribution in [0.1, 0.15) is 39.5 Å². The quantitative estimate of drug-likeness (QED) is 0.566. The Hall–Kier alpha value is -4.40. The lowest BCUT2D eigenvalue weighted by molar-refractivity contribution is 0.102. The van der Waals surface area contributed by atoms with Crippen LogP contribution in [0.15, 0.2) is 59.8 Å². The van der Waals surface area contributed by atoms with Crippen LogP contribution in [0.3, 0.4) is 0 Å². The summed E-state index contributed by atoms with van der Waals surface area (Å²) in [4.78, 5) is 29.6. The van der Waals surface area contributed by atoms with Crippen molar-refractivity contribution < 1.29 is 19.1 Å². The van der Waals surface area contributed by atoms with Gasteiger partial charge < -0.3 is 20.1 Å². The van der Waals surface area contributed by atoms with E-state index < -0.39 is 0 Å². The molecule has 0 spiro atoms. The van der Waals surface area contributed by atoms with E-state index in [9.17, 15) is 9.59 Å². The van der Waals surface area contributed by atoms with Gasteiger partial charge in [0.05, 0.1) is 26.0 Å². The average Bonchev–Trinajstić information content (AvgIpc) is 3.02. The van der Waals surface area contributed by atoms with Gasteiger partial charge in [-0.1, -0.05) is 12.1 Å². The number of amides is 3. The topological polar surface area (TPSA) is 105 Å². The van der Waals surface area contributed by atoms with Gasteiger partial charge in [-0.15, -0.1) is 0 Å². The Morgan fingerprint density at radius 2 is 1.72 bits per heavy atom. The fourth-order valence-corrected chi connectivity index (χ4v) is 4.12. The van der Waals surface area contributed by atoms with Crippen molar-refractivity contribution in [3.8, 4) is 11.5 Å². The number of nitrogens with zero attached hydrogens (tertiary/aromatic N) is 3. The molecule has 9 heteroatoms. The summed E-state index contributed by atoms with van der Waals surface area (Å²) in [5.74, 6) is 1.39. The van der Waals surface area contributed by atoms with Crippen LogP contribution >= 0.6 is 0 Å². The van der Waals surface area contributed by atoms with Crippen LogP contribution in [0.5, 0.6) is 11.5 Å². The molecule has 4 rings (SSSR count). The maximum absolute atomic E-state index is 12.8. The zero-order valence-corrected chi connectivity index (χ0v) is 21.0. The highest BCUT2D eigenvalue weighted by Gasteiger charge is 2.28. The molecule has 186 valence electrons.